The summed E-state index contributed by atoms with van der Waals surface area (Å²) in [5.74, 6) is 2.57. The lowest BCUT2D eigenvalue weighted by Crippen LogP contribution is -2.60. The molecule has 3 nitrogen and oxygen atoms in total. The molecule has 5 fully saturated rings. The summed E-state index contributed by atoms with van der Waals surface area (Å²) in [6, 6.07) is 0. The Balaban J connectivity index is 1.52. The number of aliphatic hydroxyl groups is 1. The molecule has 0 amide bonds. The molecule has 5 rings (SSSR count). The van der Waals surface area contributed by atoms with E-state index in [9.17, 15) is 9.90 Å². The van der Waals surface area contributed by atoms with Crippen LogP contribution in [0.3, 0.4) is 0 Å². The number of hydrogen-bond acceptors (Lipinski definition) is 3. The molecule has 0 bridgehead atoms. The topological polar surface area (TPSA) is 49.8 Å². The first-order valence-corrected chi connectivity index (χ1v) is 10.2. The summed E-state index contributed by atoms with van der Waals surface area (Å²) in [7, 11) is 0. The largest absolute Gasteiger partial charge is 0.393 e. The molecule has 0 aromatic carbocycles. The minimum Gasteiger partial charge on any atom is -0.393 e. The van der Waals surface area contributed by atoms with Gasteiger partial charge in [0.15, 0.2) is 0 Å². The highest BCUT2D eigenvalue weighted by Crippen LogP contribution is 2.76. The zero-order valence-electron chi connectivity index (χ0n) is 15.4. The fraction of sp³-hybridized carbons (Fsp3) is 0.952. The van der Waals surface area contributed by atoms with Crippen LogP contribution in [-0.2, 0) is 9.53 Å². The zero-order valence-corrected chi connectivity index (χ0v) is 15.4. The van der Waals surface area contributed by atoms with Crippen molar-refractivity contribution in [2.45, 2.75) is 89.9 Å². The Morgan fingerprint density at radius 1 is 1.08 bits per heavy atom. The molecule has 3 heteroatoms. The Labute approximate surface area is 145 Å². The second-order valence-electron chi connectivity index (χ2n) is 10.2. The number of Topliss-reactive ketones (excluding diaryl/α,β-unsaturated/α-hetero) is 1. The van der Waals surface area contributed by atoms with Crippen molar-refractivity contribution in [2.24, 2.45) is 34.5 Å². The summed E-state index contributed by atoms with van der Waals surface area (Å²) in [5, 5.41) is 10.2. The van der Waals surface area contributed by atoms with Crippen LogP contribution in [-0.4, -0.2) is 28.7 Å². The third kappa shape index (κ3) is 1.65. The van der Waals surface area contributed by atoms with Crippen molar-refractivity contribution in [1.29, 1.82) is 0 Å². The van der Waals surface area contributed by atoms with E-state index in [1.807, 2.05) is 0 Å². The molecule has 1 aliphatic heterocycles. The van der Waals surface area contributed by atoms with Crippen molar-refractivity contribution in [3.05, 3.63) is 0 Å². The lowest BCUT2D eigenvalue weighted by atomic mass is 9.44. The van der Waals surface area contributed by atoms with Gasteiger partial charge in [-0.25, -0.2) is 0 Å². The van der Waals surface area contributed by atoms with E-state index >= 15 is 0 Å². The molecule has 134 valence electrons. The van der Waals surface area contributed by atoms with Crippen LogP contribution in [0.1, 0.15) is 72.1 Å². The maximum absolute atomic E-state index is 12.2. The number of carbonyl (C=O) groups excluding carboxylic acids is 1. The molecule has 1 saturated heterocycles. The molecule has 1 N–H and O–H groups in total. The van der Waals surface area contributed by atoms with E-state index < -0.39 is 0 Å². The van der Waals surface area contributed by atoms with Gasteiger partial charge in [0.2, 0.25) is 0 Å². The fourth-order valence-corrected chi connectivity index (χ4v) is 8.36. The Morgan fingerprint density at radius 3 is 2.58 bits per heavy atom. The SMILES string of the molecule is CC(=O)[C@H]1CC[C@H]2[C@@H]3CC[C@H]4C[C@H](O)CC[C@]4(C)[C@@]34O[C@H]4C[C@]12C. The second kappa shape index (κ2) is 4.65. The normalized spacial score (nSPS) is 61.3. The number of aliphatic hydroxyl groups excluding tert-OH is 1. The van der Waals surface area contributed by atoms with E-state index in [1.54, 1.807) is 6.92 Å². The third-order valence-corrected chi connectivity index (χ3v) is 9.49. The fourth-order valence-electron chi connectivity index (χ4n) is 8.36. The molecular formula is C21H32O3. The molecule has 9 atom stereocenters. The molecule has 4 aliphatic carbocycles. The molecule has 0 radical (unpaired) electrons. The highest BCUT2D eigenvalue weighted by molar-refractivity contribution is 5.79. The molecule has 24 heavy (non-hydrogen) atoms. The van der Waals surface area contributed by atoms with E-state index in [2.05, 4.69) is 13.8 Å². The lowest BCUT2D eigenvalue weighted by molar-refractivity contribution is -0.132. The average molecular weight is 332 g/mol. The molecule has 1 heterocycles. The highest BCUT2D eigenvalue weighted by atomic mass is 16.6. The minimum atomic E-state index is -0.101. The predicted octanol–water partition coefficient (Wildman–Crippen LogP) is 3.73. The summed E-state index contributed by atoms with van der Waals surface area (Å²) < 4.78 is 6.61. The van der Waals surface area contributed by atoms with Crippen LogP contribution in [0.25, 0.3) is 0 Å². The maximum atomic E-state index is 12.2. The van der Waals surface area contributed by atoms with Crippen LogP contribution in [0, 0.1) is 34.5 Å². The number of ether oxygens (including phenoxy) is 1. The number of epoxide rings is 1. The number of rotatable bonds is 1. The number of ketones is 1. The van der Waals surface area contributed by atoms with E-state index in [0.717, 1.165) is 32.1 Å². The maximum Gasteiger partial charge on any atom is 0.133 e. The molecule has 4 saturated carbocycles. The van der Waals surface area contributed by atoms with Crippen molar-refractivity contribution >= 4 is 5.78 Å². The quantitative estimate of drug-likeness (QED) is 0.745. The van der Waals surface area contributed by atoms with Crippen molar-refractivity contribution in [2.75, 3.05) is 0 Å². The van der Waals surface area contributed by atoms with Crippen molar-refractivity contribution in [3.8, 4) is 0 Å². The Kier molecular flexibility index (Phi) is 3.06. The number of fused-ring (bicyclic) bond motifs is 3. The number of hydrogen-bond donors (Lipinski definition) is 1. The van der Waals surface area contributed by atoms with Gasteiger partial charge in [-0.05, 0) is 81.5 Å². The summed E-state index contributed by atoms with van der Waals surface area (Å²) in [4.78, 5) is 12.2. The van der Waals surface area contributed by atoms with Gasteiger partial charge >= 0.3 is 0 Å². The molecule has 5 aliphatic rings. The average Bonchev–Trinajstić information content (AvgIpc) is 3.12. The van der Waals surface area contributed by atoms with Gasteiger partial charge in [0.25, 0.3) is 0 Å². The third-order valence-electron chi connectivity index (χ3n) is 9.49. The van der Waals surface area contributed by atoms with Crippen LogP contribution in [0.5, 0.6) is 0 Å². The first-order valence-electron chi connectivity index (χ1n) is 10.2. The Hall–Kier alpha value is -0.410. The molecule has 0 aromatic heterocycles. The van der Waals surface area contributed by atoms with Gasteiger partial charge in [-0.1, -0.05) is 13.8 Å². The van der Waals surface area contributed by atoms with E-state index in [1.165, 1.54) is 19.3 Å². The van der Waals surface area contributed by atoms with Gasteiger partial charge in [0.1, 0.15) is 11.4 Å². The van der Waals surface area contributed by atoms with Gasteiger partial charge in [-0.15, -0.1) is 0 Å². The summed E-state index contributed by atoms with van der Waals surface area (Å²) in [6.45, 7) is 6.66. The van der Waals surface area contributed by atoms with Crippen LogP contribution < -0.4 is 0 Å². The Morgan fingerprint density at radius 2 is 1.83 bits per heavy atom. The minimum absolute atomic E-state index is 0.0753. The standard InChI is InChI=1S/C21H32O3/c1-12(22)15-6-7-16-17-5-4-13-10-14(23)8-9-20(13,3)21(17)18(24-21)11-19(15,16)2/h13-18,23H,4-11H2,1-3H3/t13-,14+,15+,16-,17-,18-,19+,20-,21+/m0/s1. The molecular weight excluding hydrogens is 300 g/mol. The van der Waals surface area contributed by atoms with Gasteiger partial charge in [-0.2, -0.15) is 0 Å². The molecule has 0 unspecified atom stereocenters. The Bertz CT molecular complexity index is 588. The number of carbonyl (C=O) groups is 1. The van der Waals surface area contributed by atoms with Crippen LogP contribution in [0.2, 0.25) is 0 Å². The van der Waals surface area contributed by atoms with Gasteiger partial charge in [-0.3, -0.25) is 4.79 Å². The van der Waals surface area contributed by atoms with E-state index in [4.69, 9.17) is 4.74 Å². The summed E-state index contributed by atoms with van der Waals surface area (Å²) >= 11 is 0. The highest BCUT2D eigenvalue weighted by Gasteiger charge is 2.79. The van der Waals surface area contributed by atoms with Crippen LogP contribution in [0.4, 0.5) is 0 Å². The van der Waals surface area contributed by atoms with Gasteiger partial charge in [0, 0.05) is 11.3 Å². The van der Waals surface area contributed by atoms with Gasteiger partial charge < -0.3 is 9.84 Å². The zero-order chi connectivity index (χ0) is 16.9. The monoisotopic (exact) mass is 332 g/mol. The summed E-state index contributed by atoms with van der Waals surface area (Å²) in [6.07, 6.45) is 9.18. The van der Waals surface area contributed by atoms with Gasteiger partial charge in [0.05, 0.1) is 12.2 Å². The molecule has 1 spiro atoms. The van der Waals surface area contributed by atoms with Crippen molar-refractivity contribution < 1.29 is 14.6 Å². The predicted molar refractivity (Wildman–Crippen MR) is 91.4 cm³/mol. The summed E-state index contributed by atoms with van der Waals surface area (Å²) in [5.41, 5.74) is 0.486. The first-order chi connectivity index (χ1) is 11.3. The van der Waals surface area contributed by atoms with Crippen LogP contribution >= 0.6 is 0 Å². The van der Waals surface area contributed by atoms with Crippen LogP contribution in [0.15, 0.2) is 0 Å². The van der Waals surface area contributed by atoms with Crippen molar-refractivity contribution in [3.63, 3.8) is 0 Å². The first kappa shape index (κ1) is 15.8. The van der Waals surface area contributed by atoms with E-state index in [-0.39, 0.29) is 28.5 Å². The van der Waals surface area contributed by atoms with Crippen molar-refractivity contribution in [1.82, 2.24) is 0 Å². The smallest absolute Gasteiger partial charge is 0.133 e. The molecule has 0 aromatic rings. The second-order valence-corrected chi connectivity index (χ2v) is 10.2. The lowest BCUT2D eigenvalue weighted by Gasteiger charge is -2.58. The van der Waals surface area contributed by atoms with E-state index in [0.29, 0.717) is 29.6 Å².